The van der Waals surface area contributed by atoms with Crippen LogP contribution in [0.1, 0.15) is 106 Å². The Labute approximate surface area is 210 Å². The molecule has 0 N–H and O–H groups in total. The number of Topliss-reactive ketones (excluding diaryl/α,β-unsaturated/α-hetero) is 1. The van der Waals surface area contributed by atoms with Crippen molar-refractivity contribution in [3.8, 4) is 0 Å². The third-order valence-corrected chi connectivity index (χ3v) is 14.5. The first-order valence-corrected chi connectivity index (χ1v) is 14.9. The molecule has 10 atom stereocenters. The lowest BCUT2D eigenvalue weighted by Gasteiger charge is -2.73. The number of ether oxygens (including phenoxy) is 1. The van der Waals surface area contributed by atoms with Crippen LogP contribution < -0.4 is 0 Å². The lowest BCUT2D eigenvalue weighted by Crippen LogP contribution is -2.68. The molecule has 33 heavy (non-hydrogen) atoms. The summed E-state index contributed by atoms with van der Waals surface area (Å²) in [6.07, 6.45) is 12.3. The van der Waals surface area contributed by atoms with Gasteiger partial charge in [0, 0.05) is 5.41 Å². The average Bonchev–Trinajstić information content (AvgIpc) is 3.06. The molecule has 3 heteroatoms. The van der Waals surface area contributed by atoms with Crippen LogP contribution in [0.2, 0.25) is 0 Å². The first-order valence-electron chi connectivity index (χ1n) is 14.0. The molecule has 0 spiro atoms. The average molecular weight is 520 g/mol. The van der Waals surface area contributed by atoms with Crippen molar-refractivity contribution >= 4 is 21.7 Å². The number of hydrogen-bond acceptors (Lipinski definition) is 2. The van der Waals surface area contributed by atoms with Crippen molar-refractivity contribution in [2.24, 2.45) is 56.2 Å². The quantitative estimate of drug-likeness (QED) is 0.305. The summed E-state index contributed by atoms with van der Waals surface area (Å²) < 4.78 is 6.71. The number of carbonyl (C=O) groups is 1. The van der Waals surface area contributed by atoms with Gasteiger partial charge in [0.2, 0.25) is 0 Å². The van der Waals surface area contributed by atoms with Crippen LogP contribution in [-0.2, 0) is 9.53 Å². The first-order chi connectivity index (χ1) is 15.2. The van der Waals surface area contributed by atoms with Crippen LogP contribution in [0.15, 0.2) is 0 Å². The third kappa shape index (κ3) is 2.63. The Morgan fingerprint density at radius 1 is 0.818 bits per heavy atom. The Kier molecular flexibility index (Phi) is 4.77. The highest BCUT2D eigenvalue weighted by Gasteiger charge is 2.73. The molecule has 1 aliphatic heterocycles. The molecule has 0 aromatic carbocycles. The predicted molar refractivity (Wildman–Crippen MR) is 137 cm³/mol. The minimum absolute atomic E-state index is 0.0274. The fourth-order valence-corrected chi connectivity index (χ4v) is 13.1. The van der Waals surface area contributed by atoms with Gasteiger partial charge in [-0.15, -0.1) is 0 Å². The summed E-state index contributed by atoms with van der Waals surface area (Å²) >= 11 is 3.86. The van der Waals surface area contributed by atoms with E-state index in [1.54, 1.807) is 0 Å². The maximum absolute atomic E-state index is 13.2. The van der Waals surface area contributed by atoms with Gasteiger partial charge in [0.05, 0.1) is 17.5 Å². The van der Waals surface area contributed by atoms with Crippen molar-refractivity contribution in [1.82, 2.24) is 0 Å². The zero-order valence-electron chi connectivity index (χ0n) is 22.2. The van der Waals surface area contributed by atoms with Gasteiger partial charge < -0.3 is 4.74 Å². The Hall–Kier alpha value is 0.110. The van der Waals surface area contributed by atoms with Crippen molar-refractivity contribution in [1.29, 1.82) is 0 Å². The molecule has 6 aliphatic rings. The molecule has 0 aromatic heterocycles. The first kappa shape index (κ1) is 23.5. The second-order valence-electron chi connectivity index (χ2n) is 15.5. The van der Waals surface area contributed by atoms with Crippen molar-refractivity contribution in [2.45, 2.75) is 117 Å². The molecule has 1 saturated heterocycles. The maximum atomic E-state index is 13.2. The number of carbonyl (C=O) groups excluding carboxylic acids is 1. The number of halogens is 1. The van der Waals surface area contributed by atoms with Crippen LogP contribution in [0.3, 0.4) is 0 Å². The fourth-order valence-electron chi connectivity index (χ4n) is 11.9. The lowest BCUT2D eigenvalue weighted by atomic mass is 9.31. The highest BCUT2D eigenvalue weighted by Crippen LogP contribution is 2.78. The van der Waals surface area contributed by atoms with Crippen LogP contribution >= 0.6 is 15.9 Å². The molecule has 5 aliphatic carbocycles. The molecular weight excluding hydrogens is 472 g/mol. The Morgan fingerprint density at radius 2 is 1.52 bits per heavy atom. The minimum atomic E-state index is -0.211. The van der Waals surface area contributed by atoms with E-state index in [-0.39, 0.29) is 15.7 Å². The van der Waals surface area contributed by atoms with E-state index < -0.39 is 0 Å². The summed E-state index contributed by atoms with van der Waals surface area (Å²) in [4.78, 5) is 13.2. The zero-order chi connectivity index (χ0) is 23.8. The second kappa shape index (κ2) is 6.70. The Morgan fingerprint density at radius 3 is 2.24 bits per heavy atom. The van der Waals surface area contributed by atoms with Gasteiger partial charge in [-0.1, -0.05) is 64.4 Å². The topological polar surface area (TPSA) is 26.3 Å². The number of ketones is 1. The van der Waals surface area contributed by atoms with Crippen molar-refractivity contribution in [3.05, 3.63) is 0 Å². The monoisotopic (exact) mass is 518 g/mol. The van der Waals surface area contributed by atoms with Gasteiger partial charge in [0.1, 0.15) is 0 Å². The second-order valence-corrected chi connectivity index (χ2v) is 16.6. The van der Waals surface area contributed by atoms with E-state index in [9.17, 15) is 4.79 Å². The Bertz CT molecular complexity index is 879. The standard InChI is InChI=1S/C30H47BrO2/c1-25(2)12-14-30-15-13-28(6)18(22(30)24(25)33-17-30)8-9-21-27(5)16-19(31)23(32)26(3,4)20(27)10-11-29(21,28)7/h18-22,24H,8-17H2,1-7H3/t18-,19?,20+,21-,22+,24+,27+,28-,29-,30-/m1/s1. The van der Waals surface area contributed by atoms with Crippen LogP contribution in [0.25, 0.3) is 0 Å². The normalized spacial score (nSPS) is 58.6. The highest BCUT2D eigenvalue weighted by atomic mass is 79.9. The molecule has 2 nitrogen and oxygen atoms in total. The fraction of sp³-hybridized carbons (Fsp3) is 0.967. The number of alkyl halides is 1. The molecule has 1 unspecified atom stereocenters. The third-order valence-electron chi connectivity index (χ3n) is 13.8. The summed E-state index contributed by atoms with van der Waals surface area (Å²) in [7, 11) is 0. The van der Waals surface area contributed by atoms with Gasteiger partial charge >= 0.3 is 0 Å². The van der Waals surface area contributed by atoms with E-state index in [0.717, 1.165) is 30.8 Å². The van der Waals surface area contributed by atoms with Crippen LogP contribution in [0.5, 0.6) is 0 Å². The molecule has 0 radical (unpaired) electrons. The molecule has 6 rings (SSSR count). The summed E-state index contributed by atoms with van der Waals surface area (Å²) in [5.74, 6) is 3.26. The van der Waals surface area contributed by atoms with E-state index in [1.807, 2.05) is 0 Å². The molecule has 2 bridgehead atoms. The molecular formula is C30H47BrO2. The minimum Gasteiger partial charge on any atom is -0.377 e. The van der Waals surface area contributed by atoms with E-state index in [4.69, 9.17) is 4.74 Å². The van der Waals surface area contributed by atoms with Gasteiger partial charge in [0.15, 0.2) is 5.78 Å². The predicted octanol–water partition coefficient (Wildman–Crippen LogP) is 7.82. The number of rotatable bonds is 0. The maximum Gasteiger partial charge on any atom is 0.152 e. The summed E-state index contributed by atoms with van der Waals surface area (Å²) in [5, 5.41) is 0. The molecule has 0 amide bonds. The van der Waals surface area contributed by atoms with Crippen molar-refractivity contribution in [2.75, 3.05) is 6.61 Å². The lowest BCUT2D eigenvalue weighted by molar-refractivity contribution is -0.239. The molecule has 0 aromatic rings. The summed E-state index contributed by atoms with van der Waals surface area (Å²) in [6.45, 7) is 18.5. The number of hydrogen-bond donors (Lipinski definition) is 0. The molecule has 5 saturated carbocycles. The van der Waals surface area contributed by atoms with E-state index in [2.05, 4.69) is 64.4 Å². The largest absolute Gasteiger partial charge is 0.377 e. The summed E-state index contributed by atoms with van der Waals surface area (Å²) in [5.41, 5.74) is 1.59. The molecule has 1 heterocycles. The SMILES string of the molecule is CC1(C)CC[C@]23CC[C@]4(C)[C@H](CC[C@@H]5[C@@]6(C)CC(Br)C(=O)C(C)(C)[C@@H]6CC[C@]54C)[C@H]2[C@@H]1OC3. The molecule has 6 fully saturated rings. The van der Waals surface area contributed by atoms with Crippen molar-refractivity contribution in [3.63, 3.8) is 0 Å². The van der Waals surface area contributed by atoms with E-state index in [0.29, 0.717) is 39.5 Å². The van der Waals surface area contributed by atoms with Gasteiger partial charge in [-0.3, -0.25) is 4.79 Å². The van der Waals surface area contributed by atoms with Crippen LogP contribution in [-0.4, -0.2) is 23.3 Å². The van der Waals surface area contributed by atoms with Crippen molar-refractivity contribution < 1.29 is 9.53 Å². The number of fused-ring (bicyclic) bond motifs is 5. The Balaban J connectivity index is 1.41. The smallest absolute Gasteiger partial charge is 0.152 e. The van der Waals surface area contributed by atoms with Gasteiger partial charge in [-0.05, 0) is 109 Å². The van der Waals surface area contributed by atoms with E-state index >= 15 is 0 Å². The van der Waals surface area contributed by atoms with Crippen LogP contribution in [0.4, 0.5) is 0 Å². The van der Waals surface area contributed by atoms with Crippen LogP contribution in [0, 0.1) is 56.2 Å². The van der Waals surface area contributed by atoms with Gasteiger partial charge in [0.25, 0.3) is 0 Å². The van der Waals surface area contributed by atoms with Gasteiger partial charge in [-0.2, -0.15) is 0 Å². The van der Waals surface area contributed by atoms with E-state index in [1.165, 1.54) is 51.4 Å². The van der Waals surface area contributed by atoms with Gasteiger partial charge in [-0.25, -0.2) is 0 Å². The molecule has 186 valence electrons. The summed E-state index contributed by atoms with van der Waals surface area (Å²) in [6, 6.07) is 0. The zero-order valence-corrected chi connectivity index (χ0v) is 23.8. The highest BCUT2D eigenvalue weighted by molar-refractivity contribution is 9.10.